The van der Waals surface area contributed by atoms with E-state index in [1.165, 1.54) is 5.56 Å². The van der Waals surface area contributed by atoms with Gasteiger partial charge in [0.1, 0.15) is 18.2 Å². The molecule has 8 nitrogen and oxygen atoms in total. The van der Waals surface area contributed by atoms with Gasteiger partial charge >= 0.3 is 0 Å². The molecule has 0 N–H and O–H groups in total. The second-order valence-electron chi connectivity index (χ2n) is 10.1. The third-order valence-corrected chi connectivity index (χ3v) is 7.21. The molecule has 40 heavy (non-hydrogen) atoms. The average molecular weight is 533 g/mol. The first-order chi connectivity index (χ1) is 19.6. The van der Waals surface area contributed by atoms with E-state index in [0.29, 0.717) is 39.2 Å². The van der Waals surface area contributed by atoms with E-state index in [0.717, 1.165) is 39.5 Å². The Balaban J connectivity index is 1.21. The fraction of sp³-hybridized carbons (Fsp3) is 0.250. The molecule has 0 radical (unpaired) electrons. The van der Waals surface area contributed by atoms with E-state index in [2.05, 4.69) is 41.2 Å². The molecule has 0 atom stereocenters. The summed E-state index contributed by atoms with van der Waals surface area (Å²) in [5.74, 6) is 1.62. The first kappa shape index (κ1) is 25.7. The van der Waals surface area contributed by atoms with Gasteiger partial charge in [-0.3, -0.25) is 4.79 Å². The van der Waals surface area contributed by atoms with Gasteiger partial charge in [-0.15, -0.1) is 0 Å². The number of anilines is 1. The first-order valence-corrected chi connectivity index (χ1v) is 13.6. The third kappa shape index (κ3) is 5.72. The summed E-state index contributed by atoms with van der Waals surface area (Å²) < 4.78 is 7.57. The Morgan fingerprint density at radius 1 is 0.825 bits per heavy atom. The van der Waals surface area contributed by atoms with E-state index in [1.54, 1.807) is 0 Å². The molecule has 0 aliphatic carbocycles. The van der Waals surface area contributed by atoms with Crippen LogP contribution in [0.3, 0.4) is 0 Å². The van der Waals surface area contributed by atoms with Gasteiger partial charge in [0, 0.05) is 32.6 Å². The third-order valence-electron chi connectivity index (χ3n) is 7.21. The second-order valence-corrected chi connectivity index (χ2v) is 10.1. The molecule has 3 aromatic carbocycles. The zero-order valence-corrected chi connectivity index (χ0v) is 22.6. The van der Waals surface area contributed by atoms with Crippen molar-refractivity contribution in [1.29, 1.82) is 0 Å². The van der Waals surface area contributed by atoms with Gasteiger partial charge in [0.25, 0.3) is 0 Å². The van der Waals surface area contributed by atoms with Gasteiger partial charge in [-0.1, -0.05) is 78.4 Å². The van der Waals surface area contributed by atoms with E-state index in [4.69, 9.17) is 14.7 Å². The number of para-hydroxylation sites is 1. The van der Waals surface area contributed by atoms with Gasteiger partial charge in [0.05, 0.1) is 23.9 Å². The number of hydrogen-bond donors (Lipinski definition) is 0. The predicted molar refractivity (Wildman–Crippen MR) is 156 cm³/mol. The van der Waals surface area contributed by atoms with Crippen molar-refractivity contribution in [3.05, 3.63) is 114 Å². The van der Waals surface area contributed by atoms with Gasteiger partial charge in [-0.2, -0.15) is 5.10 Å². The van der Waals surface area contributed by atoms with Crippen LogP contribution in [-0.4, -0.2) is 63.3 Å². The Kier molecular flexibility index (Phi) is 7.50. The summed E-state index contributed by atoms with van der Waals surface area (Å²) in [5.41, 5.74) is 5.18. The molecule has 0 saturated carbocycles. The molecule has 0 unspecified atom stereocenters. The number of fused-ring (bicyclic) bond motifs is 1. The number of hydrogen-bond acceptors (Lipinski definition) is 6. The van der Waals surface area contributed by atoms with Crippen LogP contribution >= 0.6 is 0 Å². The van der Waals surface area contributed by atoms with Gasteiger partial charge in [0.2, 0.25) is 5.91 Å². The van der Waals surface area contributed by atoms with Crippen LogP contribution < -0.4 is 4.90 Å². The van der Waals surface area contributed by atoms with Gasteiger partial charge in [-0.25, -0.2) is 14.6 Å². The number of aryl methyl sites for hydroxylation is 1. The minimum atomic E-state index is 0.0142. The summed E-state index contributed by atoms with van der Waals surface area (Å²) >= 11 is 0. The Hall–Kier alpha value is -4.56. The Labute approximate surface area is 233 Å². The SMILES string of the molecule is Cc1ccc(Cc2nc(N3CCN(C(=O)COCc4ccccc4)CC3)c3cnn(-c4ccccc4)c3n2)cc1. The van der Waals surface area contributed by atoms with Gasteiger partial charge < -0.3 is 14.5 Å². The van der Waals surface area contributed by atoms with Crippen LogP contribution in [0, 0.1) is 6.92 Å². The lowest BCUT2D eigenvalue weighted by atomic mass is 10.1. The predicted octanol–water partition coefficient (Wildman–Crippen LogP) is 4.58. The number of amides is 1. The lowest BCUT2D eigenvalue weighted by Gasteiger charge is -2.35. The number of carbonyl (C=O) groups excluding carboxylic acids is 1. The van der Waals surface area contributed by atoms with Crippen molar-refractivity contribution in [2.24, 2.45) is 0 Å². The van der Waals surface area contributed by atoms with Crippen LogP contribution in [-0.2, 0) is 22.6 Å². The molecule has 1 amide bonds. The maximum absolute atomic E-state index is 12.8. The van der Waals surface area contributed by atoms with Crippen molar-refractivity contribution in [2.45, 2.75) is 20.0 Å². The lowest BCUT2D eigenvalue weighted by Crippen LogP contribution is -2.50. The summed E-state index contributed by atoms with van der Waals surface area (Å²) in [6.07, 6.45) is 2.47. The molecule has 0 bridgehead atoms. The number of ether oxygens (including phenoxy) is 1. The van der Waals surface area contributed by atoms with Crippen LogP contribution in [0.4, 0.5) is 5.82 Å². The lowest BCUT2D eigenvalue weighted by molar-refractivity contribution is -0.136. The number of piperazine rings is 1. The molecule has 1 fully saturated rings. The van der Waals surface area contributed by atoms with Gasteiger partial charge in [-0.05, 0) is 30.2 Å². The van der Waals surface area contributed by atoms with Crippen molar-refractivity contribution in [3.63, 3.8) is 0 Å². The maximum Gasteiger partial charge on any atom is 0.248 e. The van der Waals surface area contributed by atoms with E-state index in [9.17, 15) is 4.79 Å². The van der Waals surface area contributed by atoms with Gasteiger partial charge in [0.15, 0.2) is 5.65 Å². The highest BCUT2D eigenvalue weighted by atomic mass is 16.5. The monoisotopic (exact) mass is 532 g/mol. The zero-order chi connectivity index (χ0) is 27.3. The van der Waals surface area contributed by atoms with Crippen LogP contribution in [0.25, 0.3) is 16.7 Å². The minimum absolute atomic E-state index is 0.0142. The molecule has 0 spiro atoms. The number of carbonyl (C=O) groups is 1. The molecule has 2 aromatic heterocycles. The topological polar surface area (TPSA) is 76.4 Å². The van der Waals surface area contributed by atoms with E-state index in [-0.39, 0.29) is 12.5 Å². The smallest absolute Gasteiger partial charge is 0.248 e. The normalized spacial score (nSPS) is 13.6. The van der Waals surface area contributed by atoms with Crippen molar-refractivity contribution in [1.82, 2.24) is 24.6 Å². The molecule has 3 heterocycles. The molecule has 5 aromatic rings. The first-order valence-electron chi connectivity index (χ1n) is 13.6. The Morgan fingerprint density at radius 3 is 2.25 bits per heavy atom. The largest absolute Gasteiger partial charge is 0.367 e. The summed E-state index contributed by atoms with van der Waals surface area (Å²) in [6.45, 7) is 5.17. The molecular weight excluding hydrogens is 500 g/mol. The minimum Gasteiger partial charge on any atom is -0.367 e. The molecule has 1 aliphatic heterocycles. The number of aromatic nitrogens is 4. The molecule has 1 aliphatic rings. The molecule has 202 valence electrons. The summed E-state index contributed by atoms with van der Waals surface area (Å²) in [7, 11) is 0. The van der Waals surface area contributed by atoms with E-state index >= 15 is 0 Å². The van der Waals surface area contributed by atoms with Crippen molar-refractivity contribution < 1.29 is 9.53 Å². The highest BCUT2D eigenvalue weighted by Gasteiger charge is 2.25. The second kappa shape index (κ2) is 11.7. The van der Waals surface area contributed by atoms with Crippen LogP contribution in [0.1, 0.15) is 22.5 Å². The quantitative estimate of drug-likeness (QED) is 0.291. The van der Waals surface area contributed by atoms with Crippen LogP contribution in [0.15, 0.2) is 91.1 Å². The zero-order valence-electron chi connectivity index (χ0n) is 22.6. The van der Waals surface area contributed by atoms with E-state index < -0.39 is 0 Å². The molecule has 8 heteroatoms. The Morgan fingerprint density at radius 2 is 1.52 bits per heavy atom. The van der Waals surface area contributed by atoms with Crippen LogP contribution in [0.5, 0.6) is 0 Å². The number of benzene rings is 3. The highest BCUT2D eigenvalue weighted by molar-refractivity contribution is 5.88. The summed E-state index contributed by atoms with van der Waals surface area (Å²) in [5, 5.41) is 5.59. The fourth-order valence-electron chi connectivity index (χ4n) is 4.99. The maximum atomic E-state index is 12.8. The fourth-order valence-corrected chi connectivity index (χ4v) is 4.99. The summed E-state index contributed by atoms with van der Waals surface area (Å²) in [4.78, 5) is 27.0. The van der Waals surface area contributed by atoms with E-state index in [1.807, 2.05) is 76.4 Å². The Bertz CT molecular complexity index is 1580. The standard InChI is InChI=1S/C32H32N6O2/c1-24-12-14-25(15-13-24)20-29-34-31(28-21-33-38(32(28)35-29)27-10-6-3-7-11-27)37-18-16-36(17-19-37)30(39)23-40-22-26-8-4-2-5-9-26/h2-15,21H,16-20,22-23H2,1H3. The highest BCUT2D eigenvalue weighted by Crippen LogP contribution is 2.27. The molecular formula is C32H32N6O2. The van der Waals surface area contributed by atoms with Crippen molar-refractivity contribution >= 4 is 22.8 Å². The summed E-state index contributed by atoms with van der Waals surface area (Å²) in [6, 6.07) is 28.4. The average Bonchev–Trinajstić information content (AvgIpc) is 3.43. The number of nitrogens with zero attached hydrogens (tertiary/aromatic N) is 6. The number of rotatable bonds is 8. The van der Waals surface area contributed by atoms with Crippen molar-refractivity contribution in [3.8, 4) is 5.69 Å². The van der Waals surface area contributed by atoms with Crippen LogP contribution in [0.2, 0.25) is 0 Å². The molecule has 6 rings (SSSR count). The van der Waals surface area contributed by atoms with Crippen molar-refractivity contribution in [2.75, 3.05) is 37.7 Å². The molecule has 1 saturated heterocycles.